The highest BCUT2D eigenvalue weighted by Gasteiger charge is 2.41. The molecule has 30 heavy (non-hydrogen) atoms. The van der Waals surface area contributed by atoms with Crippen molar-refractivity contribution >= 4 is 23.3 Å². The minimum atomic E-state index is -4.67. The van der Waals surface area contributed by atoms with Crippen molar-refractivity contribution in [2.75, 3.05) is 7.11 Å². The maximum absolute atomic E-state index is 12.9. The molecule has 12 heteroatoms. The van der Waals surface area contributed by atoms with Crippen LogP contribution in [0.1, 0.15) is 11.1 Å². The third kappa shape index (κ3) is 4.81. The van der Waals surface area contributed by atoms with Crippen LogP contribution in [-0.4, -0.2) is 23.1 Å². The highest BCUT2D eigenvalue weighted by Crippen LogP contribution is 2.41. The highest BCUT2D eigenvalue weighted by atomic mass is 35.5. The lowest BCUT2D eigenvalue weighted by molar-refractivity contribution is -0.387. The van der Waals surface area contributed by atoms with E-state index in [0.717, 1.165) is 25.3 Å². The predicted molar refractivity (Wildman–Crippen MR) is 98.8 cm³/mol. The molecule has 0 saturated carbocycles. The van der Waals surface area contributed by atoms with Crippen molar-refractivity contribution in [1.29, 1.82) is 0 Å². The number of nitrogens with zero attached hydrogens (tertiary/aromatic N) is 1. The number of carboxylic acid groups (broad SMARTS) is 1. The van der Waals surface area contributed by atoms with Crippen molar-refractivity contribution in [2.24, 2.45) is 5.73 Å². The van der Waals surface area contributed by atoms with Gasteiger partial charge in [-0.3, -0.25) is 10.1 Å². The zero-order valence-electron chi connectivity index (χ0n) is 15.1. The SMILES string of the molecule is COC(C=C(N)C(=O)O)(Oc1ccc(C(F)(F)F)cc1Cl)c1ccccc1[N+](=O)[O-]. The van der Waals surface area contributed by atoms with Gasteiger partial charge in [-0.2, -0.15) is 13.2 Å². The van der Waals surface area contributed by atoms with Crippen LogP contribution in [0, 0.1) is 10.1 Å². The number of nitrogens with two attached hydrogens (primary N) is 1. The summed E-state index contributed by atoms with van der Waals surface area (Å²) in [6, 6.07) is 7.18. The predicted octanol–water partition coefficient (Wildman–Crippen LogP) is 4.07. The fourth-order valence-electron chi connectivity index (χ4n) is 2.49. The number of carbonyl (C=O) groups is 1. The van der Waals surface area contributed by atoms with E-state index in [1.807, 2.05) is 0 Å². The molecule has 0 aromatic heterocycles. The molecule has 0 saturated heterocycles. The molecule has 2 aromatic rings. The normalized spacial score (nSPS) is 14.1. The van der Waals surface area contributed by atoms with Crippen LogP contribution in [0.15, 0.2) is 54.2 Å². The number of nitro benzene ring substituents is 1. The van der Waals surface area contributed by atoms with Crippen LogP contribution < -0.4 is 10.5 Å². The second-order valence-electron chi connectivity index (χ2n) is 5.80. The Kier molecular flexibility index (Phi) is 6.58. The molecule has 2 rings (SSSR count). The van der Waals surface area contributed by atoms with E-state index in [4.69, 9.17) is 31.9 Å². The molecule has 1 unspecified atom stereocenters. The summed E-state index contributed by atoms with van der Waals surface area (Å²) in [5.41, 5.74) is 2.83. The van der Waals surface area contributed by atoms with Crippen molar-refractivity contribution < 1.29 is 37.5 Å². The largest absolute Gasteiger partial charge is 0.477 e. The van der Waals surface area contributed by atoms with E-state index in [0.29, 0.717) is 12.1 Å². The van der Waals surface area contributed by atoms with Crippen molar-refractivity contribution in [2.45, 2.75) is 12.0 Å². The van der Waals surface area contributed by atoms with E-state index >= 15 is 0 Å². The average molecular weight is 447 g/mol. The highest BCUT2D eigenvalue weighted by molar-refractivity contribution is 6.32. The Labute approximate surface area is 172 Å². The fraction of sp³-hybridized carbons (Fsp3) is 0.167. The molecule has 0 amide bonds. The van der Waals surface area contributed by atoms with Gasteiger partial charge in [-0.05, 0) is 24.3 Å². The molecule has 0 spiro atoms. The first-order valence-corrected chi connectivity index (χ1v) is 8.35. The maximum Gasteiger partial charge on any atom is 0.416 e. The van der Waals surface area contributed by atoms with Gasteiger partial charge in [-0.25, -0.2) is 4.79 Å². The van der Waals surface area contributed by atoms with Gasteiger partial charge in [0.25, 0.3) is 11.5 Å². The third-order valence-electron chi connectivity index (χ3n) is 3.89. The minimum Gasteiger partial charge on any atom is -0.477 e. The molecule has 3 N–H and O–H groups in total. The van der Waals surface area contributed by atoms with E-state index in [2.05, 4.69) is 0 Å². The standard InChI is InChI=1S/C18H14ClF3N2O6/c1-29-17(9-13(23)16(25)26,11-4-2-3-5-14(11)24(27)28)30-15-7-6-10(8-12(15)19)18(20,21)22/h2-9H,23H2,1H3,(H,25,26). The number of carboxylic acids is 1. The topological polar surface area (TPSA) is 125 Å². The van der Waals surface area contributed by atoms with Gasteiger partial charge < -0.3 is 20.3 Å². The number of ether oxygens (including phenoxy) is 2. The van der Waals surface area contributed by atoms with Gasteiger partial charge in [0.2, 0.25) is 0 Å². The molecule has 0 aliphatic carbocycles. The molecular weight excluding hydrogens is 433 g/mol. The van der Waals surface area contributed by atoms with Crippen molar-refractivity contribution in [3.8, 4) is 5.75 Å². The Hall–Kier alpha value is -3.31. The summed E-state index contributed by atoms with van der Waals surface area (Å²) in [4.78, 5) is 21.9. The number of benzene rings is 2. The second-order valence-corrected chi connectivity index (χ2v) is 6.20. The van der Waals surface area contributed by atoms with Crippen molar-refractivity contribution in [3.05, 3.63) is 80.5 Å². The number of aliphatic carboxylic acids is 1. The van der Waals surface area contributed by atoms with Crippen molar-refractivity contribution in [1.82, 2.24) is 0 Å². The van der Waals surface area contributed by atoms with Crippen LogP contribution in [0.5, 0.6) is 5.75 Å². The number of rotatable bonds is 7. The number of halogens is 4. The Balaban J connectivity index is 2.71. The van der Waals surface area contributed by atoms with Gasteiger partial charge in [-0.1, -0.05) is 23.7 Å². The molecule has 0 radical (unpaired) electrons. The summed E-state index contributed by atoms with van der Waals surface area (Å²) in [6.07, 6.45) is -3.93. The summed E-state index contributed by atoms with van der Waals surface area (Å²) in [7, 11) is 1.04. The lowest BCUT2D eigenvalue weighted by atomic mass is 10.0. The maximum atomic E-state index is 12.9. The average Bonchev–Trinajstić information content (AvgIpc) is 2.67. The number of alkyl halides is 3. The Morgan fingerprint density at radius 1 is 1.27 bits per heavy atom. The first kappa shape index (κ1) is 23.0. The van der Waals surface area contributed by atoms with Gasteiger partial charge in [-0.15, -0.1) is 0 Å². The van der Waals surface area contributed by atoms with E-state index in [9.17, 15) is 28.1 Å². The van der Waals surface area contributed by atoms with Crippen LogP contribution >= 0.6 is 11.6 Å². The van der Waals surface area contributed by atoms with E-state index < -0.39 is 44.8 Å². The third-order valence-corrected chi connectivity index (χ3v) is 4.19. The van der Waals surface area contributed by atoms with Crippen molar-refractivity contribution in [3.63, 3.8) is 0 Å². The minimum absolute atomic E-state index is 0.266. The molecule has 0 fully saturated rings. The number of hydrogen-bond donors (Lipinski definition) is 2. The molecule has 2 aromatic carbocycles. The quantitative estimate of drug-likeness (QED) is 0.284. The Morgan fingerprint density at radius 3 is 2.40 bits per heavy atom. The van der Waals surface area contributed by atoms with Gasteiger partial charge >= 0.3 is 12.1 Å². The first-order chi connectivity index (χ1) is 13.9. The van der Waals surface area contributed by atoms with E-state index in [1.165, 1.54) is 18.2 Å². The molecule has 1 atom stereocenters. The second kappa shape index (κ2) is 8.59. The lowest BCUT2D eigenvalue weighted by Crippen LogP contribution is -2.36. The number of nitro groups is 1. The van der Waals surface area contributed by atoms with E-state index in [1.54, 1.807) is 0 Å². The van der Waals surface area contributed by atoms with Gasteiger partial charge in [0.05, 0.1) is 15.5 Å². The van der Waals surface area contributed by atoms with Crippen LogP contribution in [-0.2, 0) is 21.5 Å². The molecule has 0 heterocycles. The summed E-state index contributed by atoms with van der Waals surface area (Å²) < 4.78 is 49.5. The van der Waals surface area contributed by atoms with Crippen LogP contribution in [0.4, 0.5) is 18.9 Å². The Bertz CT molecular complexity index is 1010. The van der Waals surface area contributed by atoms with Gasteiger partial charge in [0, 0.05) is 19.3 Å². The van der Waals surface area contributed by atoms with Gasteiger partial charge in [0.15, 0.2) is 0 Å². The summed E-state index contributed by atoms with van der Waals surface area (Å²) >= 11 is 5.90. The lowest BCUT2D eigenvalue weighted by Gasteiger charge is -2.31. The van der Waals surface area contributed by atoms with Gasteiger partial charge in [0.1, 0.15) is 17.0 Å². The number of methoxy groups -OCH3 is 1. The monoisotopic (exact) mass is 446 g/mol. The molecule has 0 aliphatic rings. The summed E-state index contributed by atoms with van der Waals surface area (Å²) in [6.45, 7) is 0. The summed E-state index contributed by atoms with van der Waals surface area (Å²) in [5, 5.41) is 20.1. The Morgan fingerprint density at radius 2 is 1.90 bits per heavy atom. The van der Waals surface area contributed by atoms with E-state index in [-0.39, 0.29) is 11.3 Å². The van der Waals surface area contributed by atoms with Crippen LogP contribution in [0.25, 0.3) is 0 Å². The number of para-hydroxylation sites is 1. The van der Waals surface area contributed by atoms with Crippen LogP contribution in [0.3, 0.4) is 0 Å². The molecule has 160 valence electrons. The zero-order chi connectivity index (χ0) is 22.7. The zero-order valence-corrected chi connectivity index (χ0v) is 15.9. The molecule has 8 nitrogen and oxygen atoms in total. The van der Waals surface area contributed by atoms with Crippen LogP contribution in [0.2, 0.25) is 5.02 Å². The summed E-state index contributed by atoms with van der Waals surface area (Å²) in [5.74, 6) is -4.24. The molecule has 0 bridgehead atoms. The smallest absolute Gasteiger partial charge is 0.416 e. The fourth-order valence-corrected chi connectivity index (χ4v) is 2.71. The molecular formula is C18H14ClF3N2O6. The first-order valence-electron chi connectivity index (χ1n) is 7.97. The molecule has 0 aliphatic heterocycles. The number of hydrogen-bond acceptors (Lipinski definition) is 6.